The van der Waals surface area contributed by atoms with Crippen LogP contribution in [0.1, 0.15) is 25.0 Å². The number of carbonyl (C=O) groups is 1. The summed E-state index contributed by atoms with van der Waals surface area (Å²) in [6.07, 6.45) is 1.43. The molecule has 38 heavy (non-hydrogen) atoms. The molecule has 0 aromatic heterocycles. The number of sulfonamides is 1. The predicted octanol–water partition coefficient (Wildman–Crippen LogP) is 4.80. The molecule has 3 aromatic carbocycles. The molecule has 202 valence electrons. The zero-order valence-corrected chi connectivity index (χ0v) is 23.2. The molecule has 0 atom stereocenters. The SMILES string of the molecule is CCOc1ccc(/C=N\NC(=O)CN(c2ccc(OC)c(Cl)c2)S(=O)(=O)c2ccc(C)cc2)cc1OCC. The fourth-order valence-electron chi connectivity index (χ4n) is 3.46. The highest BCUT2D eigenvalue weighted by Crippen LogP contribution is 2.32. The Hall–Kier alpha value is -3.76. The van der Waals surface area contributed by atoms with Crippen LogP contribution in [0.25, 0.3) is 0 Å². The molecule has 1 N–H and O–H groups in total. The second-order valence-electron chi connectivity index (χ2n) is 8.01. The average Bonchev–Trinajstić information content (AvgIpc) is 2.89. The van der Waals surface area contributed by atoms with Crippen molar-refractivity contribution in [3.63, 3.8) is 0 Å². The number of halogens is 1. The van der Waals surface area contributed by atoms with E-state index in [2.05, 4.69) is 10.5 Å². The molecule has 0 heterocycles. The zero-order chi connectivity index (χ0) is 27.7. The van der Waals surface area contributed by atoms with Crippen molar-refractivity contribution in [2.45, 2.75) is 25.7 Å². The molecular formula is C27H30ClN3O6S. The summed E-state index contributed by atoms with van der Waals surface area (Å²) in [6, 6.07) is 16.1. The smallest absolute Gasteiger partial charge is 0.264 e. The number of hydrogen-bond donors (Lipinski definition) is 1. The third-order valence-corrected chi connectivity index (χ3v) is 7.37. The largest absolute Gasteiger partial charge is 0.495 e. The quantitative estimate of drug-likeness (QED) is 0.252. The maximum Gasteiger partial charge on any atom is 0.264 e. The Morgan fingerprint density at radius 3 is 2.26 bits per heavy atom. The highest BCUT2D eigenvalue weighted by Gasteiger charge is 2.28. The Morgan fingerprint density at radius 1 is 0.974 bits per heavy atom. The summed E-state index contributed by atoms with van der Waals surface area (Å²) in [4.78, 5) is 12.9. The molecule has 0 aliphatic carbocycles. The van der Waals surface area contributed by atoms with E-state index in [0.717, 1.165) is 9.87 Å². The van der Waals surface area contributed by atoms with Crippen molar-refractivity contribution in [1.29, 1.82) is 0 Å². The number of aryl methyl sites for hydroxylation is 1. The summed E-state index contributed by atoms with van der Waals surface area (Å²) in [5, 5.41) is 4.19. The molecule has 0 radical (unpaired) electrons. The van der Waals surface area contributed by atoms with Gasteiger partial charge in [0.1, 0.15) is 12.3 Å². The van der Waals surface area contributed by atoms with E-state index in [9.17, 15) is 13.2 Å². The van der Waals surface area contributed by atoms with Crippen LogP contribution in [0.3, 0.4) is 0 Å². The van der Waals surface area contributed by atoms with Gasteiger partial charge in [-0.05, 0) is 74.9 Å². The van der Waals surface area contributed by atoms with Crippen LogP contribution in [-0.4, -0.2) is 47.4 Å². The minimum atomic E-state index is -4.11. The van der Waals surface area contributed by atoms with Crippen molar-refractivity contribution in [2.24, 2.45) is 5.10 Å². The first kappa shape index (κ1) is 28.8. The Morgan fingerprint density at radius 2 is 1.63 bits per heavy atom. The molecule has 0 aliphatic heterocycles. The van der Waals surface area contributed by atoms with E-state index in [0.29, 0.717) is 36.0 Å². The summed E-state index contributed by atoms with van der Waals surface area (Å²) >= 11 is 6.25. The van der Waals surface area contributed by atoms with Crippen LogP contribution in [0.2, 0.25) is 5.02 Å². The molecule has 11 heteroatoms. The summed E-state index contributed by atoms with van der Waals surface area (Å²) in [5.41, 5.74) is 4.14. The number of nitrogens with one attached hydrogen (secondary N) is 1. The number of carbonyl (C=O) groups excluding carboxylic acids is 1. The van der Waals surface area contributed by atoms with Crippen molar-refractivity contribution < 1.29 is 27.4 Å². The van der Waals surface area contributed by atoms with Gasteiger partial charge in [-0.2, -0.15) is 5.10 Å². The lowest BCUT2D eigenvalue weighted by molar-refractivity contribution is -0.119. The number of nitrogens with zero attached hydrogens (tertiary/aromatic N) is 2. The third kappa shape index (κ3) is 7.17. The number of hydrazone groups is 1. The second kappa shape index (κ2) is 13.2. The van der Waals surface area contributed by atoms with Gasteiger partial charge in [0.05, 0.1) is 42.1 Å². The second-order valence-corrected chi connectivity index (χ2v) is 10.3. The van der Waals surface area contributed by atoms with Gasteiger partial charge in [0.15, 0.2) is 11.5 Å². The third-order valence-electron chi connectivity index (χ3n) is 5.29. The Balaban J connectivity index is 1.84. The number of rotatable bonds is 12. The van der Waals surface area contributed by atoms with E-state index in [1.54, 1.807) is 30.3 Å². The highest BCUT2D eigenvalue weighted by atomic mass is 35.5. The van der Waals surface area contributed by atoms with E-state index in [-0.39, 0.29) is 15.6 Å². The van der Waals surface area contributed by atoms with Crippen LogP contribution in [-0.2, 0) is 14.8 Å². The van der Waals surface area contributed by atoms with E-state index in [1.807, 2.05) is 20.8 Å². The topological polar surface area (TPSA) is 107 Å². The minimum Gasteiger partial charge on any atom is -0.495 e. The monoisotopic (exact) mass is 559 g/mol. The van der Waals surface area contributed by atoms with Crippen molar-refractivity contribution in [3.05, 3.63) is 76.8 Å². The van der Waals surface area contributed by atoms with Gasteiger partial charge in [-0.25, -0.2) is 13.8 Å². The van der Waals surface area contributed by atoms with Crippen LogP contribution < -0.4 is 23.9 Å². The molecule has 3 aromatic rings. The first-order valence-corrected chi connectivity index (χ1v) is 13.7. The highest BCUT2D eigenvalue weighted by molar-refractivity contribution is 7.92. The van der Waals surface area contributed by atoms with E-state index in [1.165, 1.54) is 43.7 Å². The molecule has 1 amide bonds. The fraction of sp³-hybridized carbons (Fsp3) is 0.259. The maximum absolute atomic E-state index is 13.5. The molecule has 9 nitrogen and oxygen atoms in total. The molecule has 0 fully saturated rings. The van der Waals surface area contributed by atoms with Crippen LogP contribution >= 0.6 is 11.6 Å². The van der Waals surface area contributed by atoms with Crippen LogP contribution in [0.5, 0.6) is 17.2 Å². The van der Waals surface area contributed by atoms with Crippen LogP contribution in [0.4, 0.5) is 5.69 Å². The maximum atomic E-state index is 13.5. The minimum absolute atomic E-state index is 0.0317. The first-order valence-electron chi connectivity index (χ1n) is 11.8. The van der Waals surface area contributed by atoms with Gasteiger partial charge in [0, 0.05) is 0 Å². The molecule has 0 spiro atoms. The van der Waals surface area contributed by atoms with Gasteiger partial charge in [-0.1, -0.05) is 29.3 Å². The summed E-state index contributed by atoms with van der Waals surface area (Å²) in [7, 11) is -2.66. The lowest BCUT2D eigenvalue weighted by atomic mass is 10.2. The van der Waals surface area contributed by atoms with Gasteiger partial charge >= 0.3 is 0 Å². The Kier molecular flexibility index (Phi) is 9.98. The number of ether oxygens (including phenoxy) is 3. The van der Waals surface area contributed by atoms with Gasteiger partial charge in [-0.3, -0.25) is 9.10 Å². The number of methoxy groups -OCH3 is 1. The van der Waals surface area contributed by atoms with Gasteiger partial charge < -0.3 is 14.2 Å². The summed E-state index contributed by atoms with van der Waals surface area (Å²) in [6.45, 7) is 6.00. The molecule has 0 saturated heterocycles. The normalized spacial score (nSPS) is 11.3. The summed E-state index contributed by atoms with van der Waals surface area (Å²) < 4.78 is 44.4. The van der Waals surface area contributed by atoms with Crippen molar-refractivity contribution >= 4 is 39.4 Å². The van der Waals surface area contributed by atoms with Crippen molar-refractivity contribution in [3.8, 4) is 17.2 Å². The van der Waals surface area contributed by atoms with Crippen LogP contribution in [0.15, 0.2) is 70.7 Å². The van der Waals surface area contributed by atoms with E-state index < -0.39 is 22.5 Å². The van der Waals surface area contributed by atoms with E-state index >= 15 is 0 Å². The zero-order valence-electron chi connectivity index (χ0n) is 21.6. The van der Waals surface area contributed by atoms with E-state index in [4.69, 9.17) is 25.8 Å². The van der Waals surface area contributed by atoms with Crippen LogP contribution in [0, 0.1) is 6.92 Å². The molecule has 3 rings (SSSR count). The number of hydrogen-bond acceptors (Lipinski definition) is 7. The van der Waals surface area contributed by atoms with Gasteiger partial charge in [0.2, 0.25) is 0 Å². The predicted molar refractivity (Wildman–Crippen MR) is 148 cm³/mol. The number of anilines is 1. The lowest BCUT2D eigenvalue weighted by Crippen LogP contribution is -2.39. The molecule has 0 unspecified atom stereocenters. The Labute approximate surface area is 228 Å². The lowest BCUT2D eigenvalue weighted by Gasteiger charge is -2.24. The number of benzene rings is 3. The van der Waals surface area contributed by atoms with Gasteiger partial charge in [-0.15, -0.1) is 0 Å². The molecule has 0 bridgehead atoms. The van der Waals surface area contributed by atoms with Gasteiger partial charge in [0.25, 0.3) is 15.9 Å². The Bertz CT molecular complexity index is 1390. The fourth-order valence-corrected chi connectivity index (χ4v) is 5.12. The number of amides is 1. The summed E-state index contributed by atoms with van der Waals surface area (Å²) in [5.74, 6) is 0.876. The molecule has 0 saturated carbocycles. The molecule has 0 aliphatic rings. The van der Waals surface area contributed by atoms with Crippen molar-refractivity contribution in [2.75, 3.05) is 31.2 Å². The van der Waals surface area contributed by atoms with Crippen molar-refractivity contribution in [1.82, 2.24) is 5.43 Å². The molecular weight excluding hydrogens is 530 g/mol. The average molecular weight is 560 g/mol. The first-order chi connectivity index (χ1) is 18.2. The standard InChI is InChI=1S/C27H30ClN3O6S/c1-5-36-25-13-9-20(15-26(25)37-6-2)17-29-30-27(32)18-31(21-10-14-24(35-4)23(28)16-21)38(33,34)22-11-7-19(3)8-12-22/h7-17H,5-6,18H2,1-4H3,(H,30,32)/b29-17-.